The average Bonchev–Trinajstić information content (AvgIpc) is 3.18. The minimum absolute atomic E-state index is 0.234. The number of amides is 2. The maximum atomic E-state index is 12.6. The molecule has 1 aromatic heterocycles. The molecule has 3 aromatic carbocycles. The first kappa shape index (κ1) is 24.7. The molecule has 0 bridgehead atoms. The lowest BCUT2D eigenvalue weighted by Crippen LogP contribution is -2.32. The predicted octanol–water partition coefficient (Wildman–Crippen LogP) is 6.17. The van der Waals surface area contributed by atoms with Gasteiger partial charge in [-0.3, -0.25) is 9.59 Å². The summed E-state index contributed by atoms with van der Waals surface area (Å²) in [4.78, 5) is 36.9. The van der Waals surface area contributed by atoms with E-state index < -0.39 is 17.8 Å². The van der Waals surface area contributed by atoms with Gasteiger partial charge in [0.15, 0.2) is 0 Å². The van der Waals surface area contributed by atoms with E-state index in [0.29, 0.717) is 26.2 Å². The molecule has 0 fully saturated rings. The van der Waals surface area contributed by atoms with Crippen LogP contribution in [-0.4, -0.2) is 24.0 Å². The molecule has 1 heterocycles. The molecule has 7 nitrogen and oxygen atoms in total. The van der Waals surface area contributed by atoms with Crippen molar-refractivity contribution in [3.05, 3.63) is 92.2 Å². The van der Waals surface area contributed by atoms with E-state index in [4.69, 9.17) is 39.5 Å². The fourth-order valence-electron chi connectivity index (χ4n) is 2.93. The van der Waals surface area contributed by atoms with Crippen LogP contribution in [0, 0.1) is 0 Å². The van der Waals surface area contributed by atoms with Crippen LogP contribution in [0.15, 0.2) is 71.8 Å². The van der Waals surface area contributed by atoms with Crippen molar-refractivity contribution >= 4 is 85.9 Å². The van der Waals surface area contributed by atoms with Crippen LogP contribution in [0.2, 0.25) is 15.1 Å². The highest BCUT2D eigenvalue weighted by Crippen LogP contribution is 2.35. The predicted molar refractivity (Wildman–Crippen MR) is 139 cm³/mol. The Morgan fingerprint density at radius 3 is 2.46 bits per heavy atom. The zero-order valence-corrected chi connectivity index (χ0v) is 20.6. The van der Waals surface area contributed by atoms with E-state index in [1.165, 1.54) is 35.8 Å². The van der Waals surface area contributed by atoms with Crippen LogP contribution < -0.4 is 15.5 Å². The second-order valence-corrected chi connectivity index (χ2v) is 9.23. The number of carbonyl (C=O) groups excluding carboxylic acids is 3. The van der Waals surface area contributed by atoms with Crippen LogP contribution in [0.4, 0.5) is 5.69 Å². The molecule has 0 saturated heterocycles. The van der Waals surface area contributed by atoms with E-state index in [-0.39, 0.29) is 10.8 Å². The number of esters is 1. The highest BCUT2D eigenvalue weighted by molar-refractivity contribution is 7.21. The number of hydrazone groups is 1. The van der Waals surface area contributed by atoms with E-state index >= 15 is 0 Å². The summed E-state index contributed by atoms with van der Waals surface area (Å²) in [7, 11) is 0. The van der Waals surface area contributed by atoms with Crippen molar-refractivity contribution in [2.24, 2.45) is 5.10 Å². The molecular weight excluding hydrogens is 533 g/mol. The summed E-state index contributed by atoms with van der Waals surface area (Å²) in [6, 6.07) is 18.3. The van der Waals surface area contributed by atoms with Gasteiger partial charge in [0.05, 0.1) is 21.3 Å². The van der Waals surface area contributed by atoms with Crippen LogP contribution >= 0.6 is 46.1 Å². The summed E-state index contributed by atoms with van der Waals surface area (Å²) >= 11 is 19.3. The Hall–Kier alpha value is -3.43. The topological polar surface area (TPSA) is 96.9 Å². The van der Waals surface area contributed by atoms with Crippen LogP contribution in [0.3, 0.4) is 0 Å². The summed E-state index contributed by atoms with van der Waals surface area (Å²) in [6.07, 6.45) is 1.30. The van der Waals surface area contributed by atoms with Crippen molar-refractivity contribution in [3.8, 4) is 5.75 Å². The third kappa shape index (κ3) is 5.98. The molecule has 0 aliphatic carbocycles. The third-order valence-electron chi connectivity index (χ3n) is 4.55. The summed E-state index contributed by atoms with van der Waals surface area (Å²) in [5.74, 6) is -2.26. The number of benzene rings is 3. The number of fused-ring (bicyclic) bond motifs is 1. The lowest BCUT2D eigenvalue weighted by molar-refractivity contribution is -0.136. The minimum atomic E-state index is -0.991. The maximum Gasteiger partial charge on any atom is 0.355 e. The fraction of sp³-hybridized carbons (Fsp3) is 0. The van der Waals surface area contributed by atoms with Gasteiger partial charge in [0.1, 0.15) is 10.6 Å². The van der Waals surface area contributed by atoms with Gasteiger partial charge in [0.2, 0.25) is 0 Å². The highest BCUT2D eigenvalue weighted by atomic mass is 35.5. The van der Waals surface area contributed by atoms with Crippen molar-refractivity contribution < 1.29 is 19.1 Å². The van der Waals surface area contributed by atoms with Gasteiger partial charge in [0, 0.05) is 15.8 Å². The number of thiophene rings is 1. The molecule has 0 spiro atoms. The first-order chi connectivity index (χ1) is 16.8. The Kier molecular flexibility index (Phi) is 7.67. The SMILES string of the molecule is O=C(N/N=C\c1cccc(OC(=O)c2sc3ccccc3c2Cl)c1)C(=O)Nc1ccc(Cl)c(Cl)c1. The molecule has 2 amide bonds. The number of rotatable bonds is 5. The van der Waals surface area contributed by atoms with Crippen molar-refractivity contribution in [2.75, 3.05) is 5.32 Å². The summed E-state index contributed by atoms with van der Waals surface area (Å²) in [6.45, 7) is 0. The number of ether oxygens (including phenoxy) is 1. The molecule has 176 valence electrons. The quantitative estimate of drug-likeness (QED) is 0.103. The molecule has 0 aliphatic rings. The highest BCUT2D eigenvalue weighted by Gasteiger charge is 2.19. The van der Waals surface area contributed by atoms with E-state index in [2.05, 4.69) is 15.8 Å². The number of anilines is 1. The number of hydrogen-bond acceptors (Lipinski definition) is 6. The molecule has 0 unspecified atom stereocenters. The maximum absolute atomic E-state index is 12.6. The fourth-order valence-corrected chi connectivity index (χ4v) is 4.62. The van der Waals surface area contributed by atoms with Gasteiger partial charge < -0.3 is 10.1 Å². The molecule has 4 aromatic rings. The molecule has 0 radical (unpaired) electrons. The first-order valence-electron chi connectivity index (χ1n) is 9.90. The van der Waals surface area contributed by atoms with Crippen LogP contribution in [0.5, 0.6) is 5.75 Å². The largest absolute Gasteiger partial charge is 0.422 e. The molecule has 0 aliphatic heterocycles. The summed E-state index contributed by atoms with van der Waals surface area (Å²) in [5, 5.41) is 7.83. The number of hydrogen-bond donors (Lipinski definition) is 2. The average molecular weight is 547 g/mol. The number of halogens is 3. The summed E-state index contributed by atoms with van der Waals surface area (Å²) < 4.78 is 6.33. The first-order valence-corrected chi connectivity index (χ1v) is 11.9. The molecule has 0 saturated carbocycles. The number of nitrogens with one attached hydrogen (secondary N) is 2. The Balaban J connectivity index is 1.36. The van der Waals surface area contributed by atoms with E-state index in [1.807, 2.05) is 24.3 Å². The van der Waals surface area contributed by atoms with Crippen molar-refractivity contribution in [2.45, 2.75) is 0 Å². The van der Waals surface area contributed by atoms with Gasteiger partial charge in [-0.1, -0.05) is 65.1 Å². The second-order valence-electron chi connectivity index (χ2n) is 6.99. The molecule has 0 atom stereocenters. The van der Waals surface area contributed by atoms with Gasteiger partial charge in [-0.2, -0.15) is 5.10 Å². The van der Waals surface area contributed by atoms with Gasteiger partial charge in [-0.25, -0.2) is 10.2 Å². The van der Waals surface area contributed by atoms with Crippen molar-refractivity contribution in [3.63, 3.8) is 0 Å². The monoisotopic (exact) mass is 545 g/mol. The zero-order valence-electron chi connectivity index (χ0n) is 17.6. The lowest BCUT2D eigenvalue weighted by atomic mass is 10.2. The van der Waals surface area contributed by atoms with E-state index in [0.717, 1.165) is 10.1 Å². The lowest BCUT2D eigenvalue weighted by Gasteiger charge is -2.05. The van der Waals surface area contributed by atoms with Gasteiger partial charge in [-0.05, 0) is 42.0 Å². The minimum Gasteiger partial charge on any atom is -0.422 e. The Morgan fingerprint density at radius 2 is 1.69 bits per heavy atom. The van der Waals surface area contributed by atoms with Crippen molar-refractivity contribution in [1.82, 2.24) is 5.43 Å². The molecule has 11 heteroatoms. The van der Waals surface area contributed by atoms with Gasteiger partial charge >= 0.3 is 17.8 Å². The number of carbonyl (C=O) groups is 3. The number of nitrogens with zero attached hydrogens (tertiary/aromatic N) is 1. The second kappa shape index (κ2) is 10.9. The molecular formula is C24H14Cl3N3O4S. The van der Waals surface area contributed by atoms with Crippen molar-refractivity contribution in [1.29, 1.82) is 0 Å². The van der Waals surface area contributed by atoms with Crippen LogP contribution in [-0.2, 0) is 9.59 Å². The van der Waals surface area contributed by atoms with Gasteiger partial charge in [0.25, 0.3) is 0 Å². The summed E-state index contributed by atoms with van der Waals surface area (Å²) in [5.41, 5.74) is 2.94. The Bertz CT molecular complexity index is 1490. The Labute approximate surface area is 218 Å². The van der Waals surface area contributed by atoms with E-state index in [9.17, 15) is 14.4 Å². The third-order valence-corrected chi connectivity index (χ3v) is 6.95. The smallest absolute Gasteiger partial charge is 0.355 e. The zero-order chi connectivity index (χ0) is 24.9. The van der Waals surface area contributed by atoms with Crippen LogP contribution in [0.25, 0.3) is 10.1 Å². The van der Waals surface area contributed by atoms with Gasteiger partial charge in [-0.15, -0.1) is 11.3 Å². The molecule has 4 rings (SSSR count). The molecule has 2 N–H and O–H groups in total. The normalized spacial score (nSPS) is 10.9. The Morgan fingerprint density at radius 1 is 0.886 bits per heavy atom. The standard InChI is InChI=1S/C24H14Cl3N3O4S/c25-17-9-8-14(11-18(17)26)29-22(31)23(32)30-28-12-13-4-3-5-15(10-13)34-24(33)21-20(27)16-6-1-2-7-19(16)35-21/h1-12H,(H,29,31)(H,30,32)/b28-12-. The van der Waals surface area contributed by atoms with E-state index in [1.54, 1.807) is 24.3 Å². The van der Waals surface area contributed by atoms with Crippen LogP contribution in [0.1, 0.15) is 15.2 Å². The molecule has 35 heavy (non-hydrogen) atoms.